The first-order chi connectivity index (χ1) is 6.33. The van der Waals surface area contributed by atoms with E-state index in [9.17, 15) is 0 Å². The Morgan fingerprint density at radius 1 is 1.54 bits per heavy atom. The zero-order valence-corrected chi connectivity index (χ0v) is 9.31. The van der Waals surface area contributed by atoms with Crippen molar-refractivity contribution in [2.24, 2.45) is 0 Å². The predicted octanol–water partition coefficient (Wildman–Crippen LogP) is 2.97. The minimum atomic E-state index is 0.604. The van der Waals surface area contributed by atoms with Gasteiger partial charge in [-0.1, -0.05) is 18.2 Å². The molecule has 0 aromatic carbocycles. The summed E-state index contributed by atoms with van der Waals surface area (Å²) < 4.78 is 0. The lowest BCUT2D eigenvalue weighted by Crippen LogP contribution is -2.16. The summed E-state index contributed by atoms with van der Waals surface area (Å²) in [5.41, 5.74) is 0. The molecule has 0 aliphatic carbocycles. The number of rotatable bonds is 5. The molecule has 72 valence electrons. The zero-order valence-electron chi connectivity index (χ0n) is 7.74. The molecule has 0 N–H and O–H groups in total. The largest absolute Gasteiger partial charge is 0.298 e. The van der Waals surface area contributed by atoms with Crippen LogP contribution >= 0.6 is 22.9 Å². The molecule has 3 heteroatoms. The highest BCUT2D eigenvalue weighted by Gasteiger charge is 1.97. The second-order valence-corrected chi connectivity index (χ2v) is 4.24. The lowest BCUT2D eigenvalue weighted by atomic mass is 10.4. The van der Waals surface area contributed by atoms with Crippen molar-refractivity contribution in [3.8, 4) is 0 Å². The molecule has 0 saturated carbocycles. The lowest BCUT2D eigenvalue weighted by molar-refractivity contribution is 0.367. The predicted molar refractivity (Wildman–Crippen MR) is 60.5 cm³/mol. The summed E-state index contributed by atoms with van der Waals surface area (Å²) in [6, 6.07) is 4.24. The van der Waals surface area contributed by atoms with Crippen LogP contribution in [0, 0.1) is 0 Å². The summed E-state index contributed by atoms with van der Waals surface area (Å²) >= 11 is 7.32. The van der Waals surface area contributed by atoms with Crippen LogP contribution < -0.4 is 0 Å². The second-order valence-electron chi connectivity index (χ2n) is 2.90. The third-order valence-corrected chi connectivity index (χ3v) is 2.72. The Morgan fingerprint density at radius 3 is 3.00 bits per heavy atom. The van der Waals surface area contributed by atoms with Crippen molar-refractivity contribution < 1.29 is 0 Å². The maximum atomic E-state index is 5.52. The third kappa shape index (κ3) is 4.46. The first kappa shape index (κ1) is 10.8. The van der Waals surface area contributed by atoms with Crippen LogP contribution in [0.1, 0.15) is 4.88 Å². The smallest absolute Gasteiger partial charge is 0.0404 e. The molecule has 0 amide bonds. The molecule has 1 aromatic rings. The van der Waals surface area contributed by atoms with Gasteiger partial charge in [-0.05, 0) is 18.5 Å². The van der Waals surface area contributed by atoms with Gasteiger partial charge in [-0.25, -0.2) is 0 Å². The Kier molecular flexibility index (Phi) is 5.13. The van der Waals surface area contributed by atoms with Gasteiger partial charge in [0.25, 0.3) is 0 Å². The fourth-order valence-electron chi connectivity index (χ4n) is 1.05. The van der Waals surface area contributed by atoms with Crippen molar-refractivity contribution >= 4 is 22.9 Å². The van der Waals surface area contributed by atoms with Crippen LogP contribution in [0.25, 0.3) is 0 Å². The van der Waals surface area contributed by atoms with Gasteiger partial charge in [0.15, 0.2) is 0 Å². The number of nitrogens with zero attached hydrogens (tertiary/aromatic N) is 1. The Labute approximate surface area is 88.6 Å². The average Bonchev–Trinajstić information content (AvgIpc) is 2.57. The number of likely N-dealkylation sites (N-methyl/N-ethyl adjacent to an activating group) is 1. The lowest BCUT2D eigenvalue weighted by Gasteiger charge is -2.12. The molecule has 13 heavy (non-hydrogen) atoms. The van der Waals surface area contributed by atoms with E-state index in [-0.39, 0.29) is 0 Å². The topological polar surface area (TPSA) is 3.24 Å². The van der Waals surface area contributed by atoms with E-state index in [1.54, 1.807) is 11.3 Å². The van der Waals surface area contributed by atoms with E-state index in [1.165, 1.54) is 4.88 Å². The number of hydrogen-bond acceptors (Lipinski definition) is 2. The molecule has 1 rings (SSSR count). The molecular formula is C10H14ClNS. The summed E-state index contributed by atoms with van der Waals surface area (Å²) in [5.74, 6) is 0.604. The second kappa shape index (κ2) is 6.19. The van der Waals surface area contributed by atoms with E-state index < -0.39 is 0 Å². The van der Waals surface area contributed by atoms with Crippen LogP contribution in [-0.4, -0.2) is 24.4 Å². The van der Waals surface area contributed by atoms with Gasteiger partial charge in [0.05, 0.1) is 0 Å². The summed E-state index contributed by atoms with van der Waals surface area (Å²) in [6.45, 7) is 1.98. The Bertz CT molecular complexity index is 243. The van der Waals surface area contributed by atoms with Gasteiger partial charge in [-0.15, -0.1) is 22.9 Å². The van der Waals surface area contributed by atoms with Crippen molar-refractivity contribution in [3.63, 3.8) is 0 Å². The molecule has 1 heterocycles. The fraction of sp³-hybridized carbons (Fsp3) is 0.400. The minimum Gasteiger partial charge on any atom is -0.298 e. The zero-order chi connectivity index (χ0) is 9.52. The fourth-order valence-corrected chi connectivity index (χ4v) is 1.96. The first-order valence-corrected chi connectivity index (χ1v) is 5.66. The quantitative estimate of drug-likeness (QED) is 0.539. The van der Waals surface area contributed by atoms with E-state index in [0.29, 0.717) is 5.88 Å². The van der Waals surface area contributed by atoms with E-state index in [0.717, 1.165) is 13.1 Å². The maximum absolute atomic E-state index is 5.52. The highest BCUT2D eigenvalue weighted by Crippen LogP contribution is 2.10. The molecule has 0 fully saturated rings. The molecule has 0 bridgehead atoms. The number of allylic oxidation sites excluding steroid dienone is 1. The SMILES string of the molecule is CN(CC=CCCl)Cc1cccs1. The highest BCUT2D eigenvalue weighted by atomic mass is 35.5. The summed E-state index contributed by atoms with van der Waals surface area (Å²) in [4.78, 5) is 3.66. The Morgan fingerprint density at radius 2 is 2.38 bits per heavy atom. The third-order valence-electron chi connectivity index (χ3n) is 1.68. The summed E-state index contributed by atoms with van der Waals surface area (Å²) in [6.07, 6.45) is 4.08. The van der Waals surface area contributed by atoms with Gasteiger partial charge in [-0.3, -0.25) is 4.90 Å². The molecule has 0 radical (unpaired) electrons. The highest BCUT2D eigenvalue weighted by molar-refractivity contribution is 7.09. The monoisotopic (exact) mass is 215 g/mol. The van der Waals surface area contributed by atoms with E-state index in [1.807, 2.05) is 6.08 Å². The molecule has 0 saturated heterocycles. The van der Waals surface area contributed by atoms with Crippen LogP contribution in [0.2, 0.25) is 0 Å². The van der Waals surface area contributed by atoms with Crippen molar-refractivity contribution in [1.82, 2.24) is 4.90 Å². The van der Waals surface area contributed by atoms with Gasteiger partial charge < -0.3 is 0 Å². The van der Waals surface area contributed by atoms with Crippen LogP contribution in [0.3, 0.4) is 0 Å². The van der Waals surface area contributed by atoms with E-state index >= 15 is 0 Å². The minimum absolute atomic E-state index is 0.604. The van der Waals surface area contributed by atoms with Gasteiger partial charge in [0, 0.05) is 23.8 Å². The van der Waals surface area contributed by atoms with Crippen LogP contribution in [0.5, 0.6) is 0 Å². The van der Waals surface area contributed by atoms with Gasteiger partial charge in [0.1, 0.15) is 0 Å². The van der Waals surface area contributed by atoms with Gasteiger partial charge in [-0.2, -0.15) is 0 Å². The summed E-state index contributed by atoms with van der Waals surface area (Å²) in [7, 11) is 2.11. The Hall–Kier alpha value is -0.310. The number of halogens is 1. The Balaban J connectivity index is 2.25. The normalized spacial score (nSPS) is 11.6. The molecule has 1 nitrogen and oxygen atoms in total. The van der Waals surface area contributed by atoms with Crippen molar-refractivity contribution in [2.75, 3.05) is 19.5 Å². The first-order valence-electron chi connectivity index (χ1n) is 4.25. The number of hydrogen-bond donors (Lipinski definition) is 0. The van der Waals surface area contributed by atoms with Crippen molar-refractivity contribution in [3.05, 3.63) is 34.5 Å². The molecule has 0 spiro atoms. The van der Waals surface area contributed by atoms with Crippen LogP contribution in [0.4, 0.5) is 0 Å². The number of thiophene rings is 1. The van der Waals surface area contributed by atoms with Crippen molar-refractivity contribution in [1.29, 1.82) is 0 Å². The maximum Gasteiger partial charge on any atom is 0.0404 e. The van der Waals surface area contributed by atoms with Gasteiger partial charge in [0.2, 0.25) is 0 Å². The average molecular weight is 216 g/mol. The summed E-state index contributed by atoms with van der Waals surface area (Å²) in [5, 5.41) is 2.11. The van der Waals surface area contributed by atoms with Crippen LogP contribution in [0.15, 0.2) is 29.7 Å². The molecule has 0 aliphatic heterocycles. The van der Waals surface area contributed by atoms with Gasteiger partial charge >= 0.3 is 0 Å². The molecule has 0 unspecified atom stereocenters. The van der Waals surface area contributed by atoms with E-state index in [4.69, 9.17) is 11.6 Å². The van der Waals surface area contributed by atoms with Crippen LogP contribution in [-0.2, 0) is 6.54 Å². The molecule has 1 aromatic heterocycles. The molecule has 0 aliphatic rings. The standard InChI is InChI=1S/C10H14ClNS/c1-12(7-3-2-6-11)9-10-5-4-8-13-10/h2-5,8H,6-7,9H2,1H3. The van der Waals surface area contributed by atoms with E-state index in [2.05, 4.69) is 35.5 Å². The molecular weight excluding hydrogens is 202 g/mol. The number of alkyl halides is 1. The van der Waals surface area contributed by atoms with Crippen molar-refractivity contribution in [2.45, 2.75) is 6.54 Å². The molecule has 0 atom stereocenters.